The molecule has 6 N–H and O–H groups in total. The number of ether oxygens (including phenoxy) is 3. The largest absolute Gasteiger partial charge is 0.462 e. The van der Waals surface area contributed by atoms with Crippen molar-refractivity contribution in [2.75, 3.05) is 12.3 Å². The molecule has 0 radical (unpaired) electrons. The molecule has 19 heteroatoms. The number of nitrogen functional groups attached to an aromatic ring is 1. The van der Waals surface area contributed by atoms with Crippen molar-refractivity contribution in [3.8, 4) is 0 Å². The molecule has 3 heterocycles. The number of aliphatic hydroxyl groups is 2. The molecule has 2 aromatic rings. The van der Waals surface area contributed by atoms with Gasteiger partial charge >= 0.3 is 19.6 Å². The standard InChI is InChI=1S/C23H36F2N7O9P/c1-10(2)39-20(35)12(5)30-42(37,31-13(6)21(36)40-11(3)4)38-7-23(22(24)25)16(34)15(33)19(41-23)32-9-29-14-17(26)27-8-28-18(14)32/h8-13,15-16,19,22,33-34H,7H2,1-6H3,(H2,26,27,28)(H2,30,31,37)/t12-,13-,15-,16-,19+,23+/m0/s1. The van der Waals surface area contributed by atoms with Crippen LogP contribution in [0.1, 0.15) is 47.8 Å². The highest BCUT2D eigenvalue weighted by Crippen LogP contribution is 2.47. The number of nitrogens with zero attached hydrogens (tertiary/aromatic N) is 4. The van der Waals surface area contributed by atoms with Gasteiger partial charge in [0.05, 0.1) is 25.1 Å². The van der Waals surface area contributed by atoms with Gasteiger partial charge in [-0.25, -0.2) is 33.9 Å². The van der Waals surface area contributed by atoms with Crippen molar-refractivity contribution in [3.05, 3.63) is 12.7 Å². The van der Waals surface area contributed by atoms with Gasteiger partial charge in [0, 0.05) is 0 Å². The lowest BCUT2D eigenvalue weighted by atomic mass is 9.96. The van der Waals surface area contributed by atoms with E-state index >= 15 is 0 Å². The number of hydrogen-bond acceptors (Lipinski definition) is 13. The lowest BCUT2D eigenvalue weighted by Crippen LogP contribution is -2.53. The Hall–Kier alpha value is -2.86. The molecule has 0 bridgehead atoms. The summed E-state index contributed by atoms with van der Waals surface area (Å²) in [6, 6.07) is -2.62. The number of esters is 2. The molecule has 6 atom stereocenters. The zero-order chi connectivity index (χ0) is 31.6. The van der Waals surface area contributed by atoms with Crippen LogP contribution in [0.2, 0.25) is 0 Å². The van der Waals surface area contributed by atoms with Crippen molar-refractivity contribution in [3.63, 3.8) is 0 Å². The van der Waals surface area contributed by atoms with E-state index < -0.39 is 81.0 Å². The van der Waals surface area contributed by atoms with E-state index in [1.54, 1.807) is 27.7 Å². The van der Waals surface area contributed by atoms with Gasteiger partial charge in [-0.1, -0.05) is 0 Å². The second kappa shape index (κ2) is 13.2. The third-order valence-corrected chi connectivity index (χ3v) is 8.04. The van der Waals surface area contributed by atoms with Crippen LogP contribution < -0.4 is 15.9 Å². The fourth-order valence-electron chi connectivity index (χ4n) is 4.04. The molecule has 0 aliphatic carbocycles. The number of fused-ring (bicyclic) bond motifs is 1. The molecule has 0 amide bonds. The van der Waals surface area contributed by atoms with Gasteiger partial charge in [-0.15, -0.1) is 0 Å². The first-order valence-corrected chi connectivity index (χ1v) is 14.6. The molecule has 1 aliphatic rings. The van der Waals surface area contributed by atoms with Gasteiger partial charge in [-0.05, 0) is 41.5 Å². The molecule has 0 saturated carbocycles. The molecule has 1 aliphatic heterocycles. The first-order chi connectivity index (χ1) is 19.5. The quantitative estimate of drug-likeness (QED) is 0.153. The van der Waals surface area contributed by atoms with Crippen LogP contribution in [0.5, 0.6) is 0 Å². The Kier molecular flexibility index (Phi) is 10.6. The highest BCUT2D eigenvalue weighted by molar-refractivity contribution is 7.54. The summed E-state index contributed by atoms with van der Waals surface area (Å²) in [6.45, 7) is 7.61. The van der Waals surface area contributed by atoms with Crippen LogP contribution in [-0.2, 0) is 32.9 Å². The number of carbonyl (C=O) groups excluding carboxylic acids is 2. The van der Waals surface area contributed by atoms with E-state index in [2.05, 4.69) is 25.1 Å². The van der Waals surface area contributed by atoms with Crippen molar-refractivity contribution >= 4 is 36.6 Å². The zero-order valence-electron chi connectivity index (χ0n) is 23.8. The molecule has 16 nitrogen and oxygen atoms in total. The van der Waals surface area contributed by atoms with E-state index in [0.717, 1.165) is 17.2 Å². The first-order valence-electron chi connectivity index (χ1n) is 13.0. The number of imidazole rings is 1. The summed E-state index contributed by atoms with van der Waals surface area (Å²) < 4.78 is 65.3. The number of halogens is 2. The predicted octanol–water partition coefficient (Wildman–Crippen LogP) is 0.647. The lowest BCUT2D eigenvalue weighted by molar-refractivity contribution is -0.191. The van der Waals surface area contributed by atoms with Gasteiger partial charge in [-0.3, -0.25) is 18.7 Å². The zero-order valence-corrected chi connectivity index (χ0v) is 24.7. The molecule has 0 spiro atoms. The maximum atomic E-state index is 14.6. The molecule has 1 fully saturated rings. The highest BCUT2D eigenvalue weighted by Gasteiger charge is 2.61. The molecule has 42 heavy (non-hydrogen) atoms. The topological polar surface area (TPSA) is 222 Å². The van der Waals surface area contributed by atoms with Crippen LogP contribution in [0, 0.1) is 0 Å². The molecule has 2 aromatic heterocycles. The van der Waals surface area contributed by atoms with Gasteiger partial charge in [0.25, 0.3) is 6.43 Å². The molecule has 1 saturated heterocycles. The van der Waals surface area contributed by atoms with E-state index in [1.807, 2.05) is 0 Å². The van der Waals surface area contributed by atoms with Crippen LogP contribution in [0.15, 0.2) is 12.7 Å². The molecular weight excluding hydrogens is 587 g/mol. The molecule has 236 valence electrons. The summed E-state index contributed by atoms with van der Waals surface area (Å²) in [5.41, 5.74) is 2.94. The predicted molar refractivity (Wildman–Crippen MR) is 142 cm³/mol. The van der Waals surface area contributed by atoms with Gasteiger partial charge in [-0.2, -0.15) is 0 Å². The number of nitrogens with one attached hydrogen (secondary N) is 2. The van der Waals surface area contributed by atoms with Crippen molar-refractivity contribution in [2.45, 2.75) is 96.3 Å². The number of carbonyl (C=O) groups is 2. The third kappa shape index (κ3) is 7.19. The van der Waals surface area contributed by atoms with Crippen LogP contribution >= 0.6 is 7.67 Å². The summed E-state index contributed by atoms with van der Waals surface area (Å²) in [7, 11) is -4.60. The number of aliphatic hydroxyl groups excluding tert-OH is 2. The average molecular weight is 624 g/mol. The number of nitrogens with two attached hydrogens (primary N) is 1. The number of alkyl halides is 2. The molecule has 3 rings (SSSR count). The minimum atomic E-state index is -4.60. The monoisotopic (exact) mass is 623 g/mol. The Bertz CT molecular complexity index is 1280. The Morgan fingerprint density at radius 1 is 1.07 bits per heavy atom. The summed E-state index contributed by atoms with van der Waals surface area (Å²) in [5.74, 6) is -1.72. The molecular formula is C23H36F2N7O9P. The minimum absolute atomic E-state index is 0.0220. The molecule has 0 unspecified atom stereocenters. The normalized spacial score (nSPS) is 24.5. The van der Waals surface area contributed by atoms with Crippen LogP contribution in [-0.4, -0.2) is 96.8 Å². The second-order valence-corrected chi connectivity index (χ2v) is 12.2. The Morgan fingerprint density at radius 2 is 1.62 bits per heavy atom. The van der Waals surface area contributed by atoms with E-state index in [0.29, 0.717) is 0 Å². The average Bonchev–Trinajstić information content (AvgIpc) is 3.42. The van der Waals surface area contributed by atoms with Gasteiger partial charge in [0.2, 0.25) is 0 Å². The van der Waals surface area contributed by atoms with Crippen molar-refractivity contribution in [2.24, 2.45) is 0 Å². The summed E-state index contributed by atoms with van der Waals surface area (Å²) >= 11 is 0. The van der Waals surface area contributed by atoms with Gasteiger partial charge in [0.15, 0.2) is 23.3 Å². The van der Waals surface area contributed by atoms with E-state index in [1.165, 1.54) is 13.8 Å². The minimum Gasteiger partial charge on any atom is -0.462 e. The third-order valence-electron chi connectivity index (χ3n) is 6.10. The smallest absolute Gasteiger partial charge is 0.342 e. The number of anilines is 1. The summed E-state index contributed by atoms with van der Waals surface area (Å²) in [5, 5.41) is 26.3. The number of aromatic nitrogens is 4. The SMILES string of the molecule is CC(C)OC(=O)[C@H](C)NP(=O)(N[C@@H](C)C(=O)OC(C)C)OC[C@@]1(C(F)F)O[C@@H](n2cnc3c(N)ncnc32)[C@@H](O)[C@@H]1O. The van der Waals surface area contributed by atoms with Crippen LogP contribution in [0.25, 0.3) is 11.2 Å². The van der Waals surface area contributed by atoms with Gasteiger partial charge < -0.3 is 34.7 Å². The van der Waals surface area contributed by atoms with Crippen molar-refractivity contribution in [1.29, 1.82) is 0 Å². The van der Waals surface area contributed by atoms with Crippen LogP contribution in [0.3, 0.4) is 0 Å². The maximum Gasteiger partial charge on any atom is 0.342 e. The summed E-state index contributed by atoms with van der Waals surface area (Å²) in [4.78, 5) is 36.6. The Balaban J connectivity index is 1.91. The first kappa shape index (κ1) is 33.6. The molecule has 0 aromatic carbocycles. The van der Waals surface area contributed by atoms with Crippen molar-refractivity contribution < 1.29 is 51.9 Å². The number of hydrogen-bond donors (Lipinski definition) is 5. The maximum absolute atomic E-state index is 14.6. The Labute approximate surface area is 239 Å². The van der Waals surface area contributed by atoms with E-state index in [4.69, 9.17) is 24.5 Å². The second-order valence-electron chi connectivity index (χ2n) is 10.3. The number of rotatable bonds is 13. The van der Waals surface area contributed by atoms with E-state index in [9.17, 15) is 33.1 Å². The summed E-state index contributed by atoms with van der Waals surface area (Å²) in [6.07, 6.45) is -8.26. The fourth-order valence-corrected chi connectivity index (χ4v) is 5.88. The highest BCUT2D eigenvalue weighted by atomic mass is 31.2. The lowest BCUT2D eigenvalue weighted by Gasteiger charge is -2.33. The van der Waals surface area contributed by atoms with Gasteiger partial charge in [0.1, 0.15) is 36.1 Å². The van der Waals surface area contributed by atoms with E-state index in [-0.39, 0.29) is 17.0 Å². The fraction of sp³-hybridized carbons (Fsp3) is 0.696. The Morgan fingerprint density at radius 3 is 2.12 bits per heavy atom. The van der Waals surface area contributed by atoms with Crippen molar-refractivity contribution in [1.82, 2.24) is 29.7 Å². The van der Waals surface area contributed by atoms with Crippen LogP contribution in [0.4, 0.5) is 14.6 Å².